The standard InChI is InChI=1S/C36H37NO5/c1-23(2)21-33(35(38)42-34(25-15-13-24(3)14-16-25)26-17-19-27(40-4)20-18-26)37-36(39)41-22-32-30-11-7-5-9-28(30)29-10-6-8-12-31(29)32/h5-20,23,32-34H,21-22H2,1-4H3,(H,37,39)/t33-,34?/m0/s1. The maximum Gasteiger partial charge on any atom is 0.407 e. The lowest BCUT2D eigenvalue weighted by Crippen LogP contribution is -2.43. The Bertz CT molecular complexity index is 1480. The average molecular weight is 564 g/mol. The first-order chi connectivity index (χ1) is 20.3. The average Bonchev–Trinajstić information content (AvgIpc) is 3.32. The van der Waals surface area contributed by atoms with Crippen molar-refractivity contribution in [2.45, 2.75) is 45.3 Å². The highest BCUT2D eigenvalue weighted by Gasteiger charge is 2.31. The van der Waals surface area contributed by atoms with E-state index in [1.165, 1.54) is 0 Å². The SMILES string of the molecule is COc1ccc(C(OC(=O)[C@H](CC(C)C)NC(=O)OCC2c3ccccc3-c3ccccc32)c2ccc(C)cc2)cc1. The predicted molar refractivity (Wildman–Crippen MR) is 164 cm³/mol. The summed E-state index contributed by atoms with van der Waals surface area (Å²) in [7, 11) is 1.61. The third-order valence-corrected chi connectivity index (χ3v) is 7.66. The van der Waals surface area contributed by atoms with Gasteiger partial charge in [-0.2, -0.15) is 0 Å². The van der Waals surface area contributed by atoms with Crippen molar-refractivity contribution in [1.29, 1.82) is 0 Å². The summed E-state index contributed by atoms with van der Waals surface area (Å²) in [6, 6.07) is 30.8. The Labute approximate surface area is 247 Å². The molecule has 0 saturated carbocycles. The summed E-state index contributed by atoms with van der Waals surface area (Å²) in [6.45, 7) is 6.18. The highest BCUT2D eigenvalue weighted by molar-refractivity contribution is 5.82. The molecule has 216 valence electrons. The van der Waals surface area contributed by atoms with Crippen LogP contribution in [0.25, 0.3) is 11.1 Å². The monoisotopic (exact) mass is 563 g/mol. The zero-order valence-corrected chi connectivity index (χ0v) is 24.5. The number of hydrogen-bond donors (Lipinski definition) is 1. The van der Waals surface area contributed by atoms with E-state index in [2.05, 4.69) is 29.6 Å². The fraction of sp³-hybridized carbons (Fsp3) is 0.278. The van der Waals surface area contributed by atoms with Crippen LogP contribution in [-0.4, -0.2) is 31.8 Å². The number of carbonyl (C=O) groups excluding carboxylic acids is 2. The Hall–Kier alpha value is -4.58. The molecule has 0 spiro atoms. The summed E-state index contributed by atoms with van der Waals surface area (Å²) in [5.41, 5.74) is 7.32. The first kappa shape index (κ1) is 28.9. The number of hydrogen-bond acceptors (Lipinski definition) is 5. The molecule has 5 rings (SSSR count). The molecule has 1 unspecified atom stereocenters. The maximum absolute atomic E-state index is 13.6. The van der Waals surface area contributed by atoms with Gasteiger partial charge in [-0.1, -0.05) is 104 Å². The number of ether oxygens (including phenoxy) is 3. The molecule has 1 aliphatic carbocycles. The molecule has 0 heterocycles. The van der Waals surface area contributed by atoms with Gasteiger partial charge in [0.05, 0.1) is 7.11 Å². The van der Waals surface area contributed by atoms with Gasteiger partial charge in [-0.15, -0.1) is 0 Å². The van der Waals surface area contributed by atoms with Gasteiger partial charge in [0.25, 0.3) is 0 Å². The molecular weight excluding hydrogens is 526 g/mol. The molecule has 0 saturated heterocycles. The zero-order valence-electron chi connectivity index (χ0n) is 24.5. The lowest BCUT2D eigenvalue weighted by molar-refractivity contribution is -0.150. The zero-order chi connectivity index (χ0) is 29.6. The predicted octanol–water partition coefficient (Wildman–Crippen LogP) is 7.59. The van der Waals surface area contributed by atoms with E-state index in [-0.39, 0.29) is 18.4 Å². The van der Waals surface area contributed by atoms with Crippen LogP contribution in [0.2, 0.25) is 0 Å². The number of alkyl carbamates (subject to hydrolysis) is 1. The molecule has 4 aromatic rings. The minimum absolute atomic E-state index is 0.0698. The number of rotatable bonds is 10. The molecule has 2 atom stereocenters. The molecule has 4 aromatic carbocycles. The van der Waals surface area contributed by atoms with Crippen molar-refractivity contribution in [3.05, 3.63) is 125 Å². The van der Waals surface area contributed by atoms with E-state index in [4.69, 9.17) is 14.2 Å². The highest BCUT2D eigenvalue weighted by atomic mass is 16.6. The van der Waals surface area contributed by atoms with Gasteiger partial charge in [0, 0.05) is 5.92 Å². The van der Waals surface area contributed by atoms with Crippen LogP contribution in [0.1, 0.15) is 60.1 Å². The van der Waals surface area contributed by atoms with Crippen LogP contribution in [0.4, 0.5) is 4.79 Å². The molecule has 42 heavy (non-hydrogen) atoms. The first-order valence-corrected chi connectivity index (χ1v) is 14.4. The Morgan fingerprint density at radius 2 is 1.33 bits per heavy atom. The van der Waals surface area contributed by atoms with Crippen molar-refractivity contribution in [3.8, 4) is 16.9 Å². The Morgan fingerprint density at radius 3 is 1.88 bits per heavy atom. The van der Waals surface area contributed by atoms with Crippen molar-refractivity contribution in [3.63, 3.8) is 0 Å². The summed E-state index contributed by atoms with van der Waals surface area (Å²) in [4.78, 5) is 26.7. The molecule has 1 aliphatic rings. The van der Waals surface area contributed by atoms with Gasteiger partial charge < -0.3 is 19.5 Å². The molecule has 0 aliphatic heterocycles. The number of fused-ring (bicyclic) bond motifs is 3. The third kappa shape index (κ3) is 6.49. The second-order valence-corrected chi connectivity index (χ2v) is 11.2. The fourth-order valence-electron chi connectivity index (χ4n) is 5.51. The summed E-state index contributed by atoms with van der Waals surface area (Å²) in [5, 5.41) is 2.80. The highest BCUT2D eigenvalue weighted by Crippen LogP contribution is 2.44. The number of methoxy groups -OCH3 is 1. The summed E-state index contributed by atoms with van der Waals surface area (Å²) in [6.07, 6.45) is -0.884. The molecule has 0 radical (unpaired) electrons. The largest absolute Gasteiger partial charge is 0.497 e. The second-order valence-electron chi connectivity index (χ2n) is 11.2. The van der Waals surface area contributed by atoms with Crippen molar-refractivity contribution >= 4 is 12.1 Å². The van der Waals surface area contributed by atoms with Gasteiger partial charge in [-0.05, 0) is 64.8 Å². The smallest absolute Gasteiger partial charge is 0.407 e. The number of nitrogens with one attached hydrogen (secondary N) is 1. The number of carbonyl (C=O) groups is 2. The summed E-state index contributed by atoms with van der Waals surface area (Å²) in [5.74, 6) is 0.260. The van der Waals surface area contributed by atoms with Crippen molar-refractivity contribution < 1.29 is 23.8 Å². The lowest BCUT2D eigenvalue weighted by Gasteiger charge is -2.24. The van der Waals surface area contributed by atoms with E-state index in [0.717, 1.165) is 38.9 Å². The quantitative estimate of drug-likeness (QED) is 0.201. The topological polar surface area (TPSA) is 73.9 Å². The van der Waals surface area contributed by atoms with Gasteiger partial charge in [-0.25, -0.2) is 9.59 Å². The molecule has 6 nitrogen and oxygen atoms in total. The summed E-state index contributed by atoms with van der Waals surface area (Å²) < 4.78 is 17.2. The molecule has 1 amide bonds. The second kappa shape index (κ2) is 12.9. The van der Waals surface area contributed by atoms with Gasteiger partial charge in [0.1, 0.15) is 18.4 Å². The van der Waals surface area contributed by atoms with Gasteiger partial charge in [0.15, 0.2) is 6.10 Å². The molecule has 0 aromatic heterocycles. The minimum atomic E-state index is -0.869. The third-order valence-electron chi connectivity index (χ3n) is 7.66. The Balaban J connectivity index is 1.31. The Morgan fingerprint density at radius 1 is 0.786 bits per heavy atom. The maximum atomic E-state index is 13.6. The van der Waals surface area contributed by atoms with Crippen LogP contribution in [0.3, 0.4) is 0 Å². The van der Waals surface area contributed by atoms with E-state index in [1.807, 2.05) is 93.6 Å². The van der Waals surface area contributed by atoms with Crippen LogP contribution in [-0.2, 0) is 14.3 Å². The Kier molecular flexibility index (Phi) is 8.91. The number of aryl methyl sites for hydroxylation is 1. The van der Waals surface area contributed by atoms with Crippen LogP contribution in [0.5, 0.6) is 5.75 Å². The van der Waals surface area contributed by atoms with E-state index < -0.39 is 24.2 Å². The van der Waals surface area contributed by atoms with Gasteiger partial charge >= 0.3 is 12.1 Å². The normalized spacial score (nSPS) is 13.5. The van der Waals surface area contributed by atoms with E-state index in [0.29, 0.717) is 12.2 Å². The molecule has 0 bridgehead atoms. The molecule has 1 N–H and O–H groups in total. The summed E-state index contributed by atoms with van der Waals surface area (Å²) >= 11 is 0. The van der Waals surface area contributed by atoms with Crippen molar-refractivity contribution in [1.82, 2.24) is 5.32 Å². The van der Waals surface area contributed by atoms with Crippen LogP contribution >= 0.6 is 0 Å². The van der Waals surface area contributed by atoms with Crippen LogP contribution in [0.15, 0.2) is 97.1 Å². The van der Waals surface area contributed by atoms with E-state index >= 15 is 0 Å². The fourth-order valence-corrected chi connectivity index (χ4v) is 5.51. The molecule has 6 heteroatoms. The minimum Gasteiger partial charge on any atom is -0.497 e. The molecular formula is C36H37NO5. The lowest BCUT2D eigenvalue weighted by atomic mass is 9.98. The van der Waals surface area contributed by atoms with E-state index in [1.54, 1.807) is 7.11 Å². The number of benzene rings is 4. The van der Waals surface area contributed by atoms with E-state index in [9.17, 15) is 9.59 Å². The van der Waals surface area contributed by atoms with Crippen molar-refractivity contribution in [2.24, 2.45) is 5.92 Å². The van der Waals surface area contributed by atoms with Crippen LogP contribution in [0, 0.1) is 12.8 Å². The molecule has 0 fully saturated rings. The number of amides is 1. The van der Waals surface area contributed by atoms with Crippen molar-refractivity contribution in [2.75, 3.05) is 13.7 Å². The first-order valence-electron chi connectivity index (χ1n) is 14.4. The number of esters is 1. The van der Waals surface area contributed by atoms with Gasteiger partial charge in [0.2, 0.25) is 0 Å². The van der Waals surface area contributed by atoms with Gasteiger partial charge in [-0.3, -0.25) is 0 Å². The van der Waals surface area contributed by atoms with Crippen LogP contribution < -0.4 is 10.1 Å².